The first-order valence-corrected chi connectivity index (χ1v) is 9.61. The number of carbonyl (C=O) groups is 3. The van der Waals surface area contributed by atoms with Crippen molar-refractivity contribution in [3.63, 3.8) is 0 Å². The molecule has 3 rings (SSSR count). The molecule has 0 saturated carbocycles. The fourth-order valence-electron chi connectivity index (χ4n) is 3.22. The molecular weight excluding hydrogens is 392 g/mol. The highest BCUT2D eigenvalue weighted by molar-refractivity contribution is 5.95. The molecule has 2 aromatic rings. The van der Waals surface area contributed by atoms with Gasteiger partial charge in [0.2, 0.25) is 0 Å². The number of rotatable bonds is 5. The smallest absolute Gasteiger partial charge is 0.344 e. The molecule has 3 amide bonds. The van der Waals surface area contributed by atoms with Crippen molar-refractivity contribution >= 4 is 28.9 Å². The molecule has 9 nitrogen and oxygen atoms in total. The first-order chi connectivity index (χ1) is 14.1. The molecule has 0 unspecified atom stereocenters. The molecule has 1 aromatic heterocycles. The van der Waals surface area contributed by atoms with Gasteiger partial charge >= 0.3 is 17.6 Å². The molecule has 1 aromatic carbocycles. The Labute approximate surface area is 172 Å². The van der Waals surface area contributed by atoms with Gasteiger partial charge in [-0.15, -0.1) is 0 Å². The second kappa shape index (κ2) is 8.56. The molecule has 1 aliphatic carbocycles. The second-order valence-electron chi connectivity index (χ2n) is 8.06. The molecule has 30 heavy (non-hydrogen) atoms. The highest BCUT2D eigenvalue weighted by Crippen LogP contribution is 2.29. The van der Waals surface area contributed by atoms with E-state index in [2.05, 4.69) is 10.6 Å². The zero-order valence-electron chi connectivity index (χ0n) is 17.1. The van der Waals surface area contributed by atoms with Gasteiger partial charge in [-0.2, -0.15) is 0 Å². The lowest BCUT2D eigenvalue weighted by Gasteiger charge is -2.20. The van der Waals surface area contributed by atoms with E-state index in [1.165, 1.54) is 0 Å². The predicted molar refractivity (Wildman–Crippen MR) is 107 cm³/mol. The second-order valence-corrected chi connectivity index (χ2v) is 8.06. The summed E-state index contributed by atoms with van der Waals surface area (Å²) in [6.07, 6.45) is 2.48. The van der Waals surface area contributed by atoms with Crippen LogP contribution in [0.25, 0.3) is 11.0 Å². The molecule has 0 aliphatic heterocycles. The van der Waals surface area contributed by atoms with Crippen molar-refractivity contribution in [1.82, 2.24) is 10.6 Å². The van der Waals surface area contributed by atoms with Crippen molar-refractivity contribution in [3.05, 3.63) is 39.7 Å². The summed E-state index contributed by atoms with van der Waals surface area (Å²) >= 11 is 0. The average molecular weight is 416 g/mol. The zero-order chi connectivity index (χ0) is 21.9. The van der Waals surface area contributed by atoms with E-state index in [0.717, 1.165) is 35.8 Å². The van der Waals surface area contributed by atoms with E-state index in [-0.39, 0.29) is 5.63 Å². The van der Waals surface area contributed by atoms with Crippen molar-refractivity contribution in [1.29, 1.82) is 0 Å². The fourth-order valence-corrected chi connectivity index (χ4v) is 3.22. The van der Waals surface area contributed by atoms with Crippen LogP contribution in [0.2, 0.25) is 0 Å². The van der Waals surface area contributed by atoms with Crippen LogP contribution in [0.5, 0.6) is 5.75 Å². The molecule has 0 saturated heterocycles. The van der Waals surface area contributed by atoms with Crippen LogP contribution in [0.3, 0.4) is 0 Å². The zero-order valence-corrected chi connectivity index (χ0v) is 17.1. The van der Waals surface area contributed by atoms with Crippen LogP contribution in [0.1, 0.15) is 38.3 Å². The highest BCUT2D eigenvalue weighted by atomic mass is 16.6. The van der Waals surface area contributed by atoms with E-state index in [4.69, 9.17) is 13.9 Å². The summed E-state index contributed by atoms with van der Waals surface area (Å²) in [6.45, 7) is 4.24. The number of amides is 3. The van der Waals surface area contributed by atoms with Gasteiger partial charge in [-0.05, 0) is 57.7 Å². The molecule has 9 heteroatoms. The Bertz CT molecular complexity index is 1050. The summed E-state index contributed by atoms with van der Waals surface area (Å²) in [5.41, 5.74) is 1.29. The third-order valence-electron chi connectivity index (χ3n) is 4.41. The molecule has 0 spiro atoms. The summed E-state index contributed by atoms with van der Waals surface area (Å²) in [7, 11) is 0. The van der Waals surface area contributed by atoms with E-state index in [1.807, 2.05) is 0 Å². The Balaban J connectivity index is 1.51. The maximum atomic E-state index is 12.1. The normalized spacial score (nSPS) is 12.9. The van der Waals surface area contributed by atoms with Crippen LogP contribution in [-0.2, 0) is 27.2 Å². The van der Waals surface area contributed by atoms with Gasteiger partial charge in [-0.25, -0.2) is 14.4 Å². The molecule has 160 valence electrons. The Morgan fingerprint density at radius 1 is 1.10 bits per heavy atom. The molecule has 2 N–H and O–H groups in total. The van der Waals surface area contributed by atoms with E-state index in [0.29, 0.717) is 11.3 Å². The summed E-state index contributed by atoms with van der Waals surface area (Å²) in [4.78, 5) is 47.1. The van der Waals surface area contributed by atoms with Gasteiger partial charge in [0, 0.05) is 22.6 Å². The number of fused-ring (bicyclic) bond motifs is 3. The van der Waals surface area contributed by atoms with Crippen molar-refractivity contribution in [2.24, 2.45) is 0 Å². The number of benzene rings is 1. The van der Waals surface area contributed by atoms with Crippen LogP contribution in [0.15, 0.2) is 27.4 Å². The van der Waals surface area contributed by atoms with Gasteiger partial charge in [0.15, 0.2) is 13.2 Å². The van der Waals surface area contributed by atoms with Crippen LogP contribution in [0, 0.1) is 0 Å². The minimum atomic E-state index is -0.781. The number of nitrogens with one attached hydrogen (secondary N) is 2. The summed E-state index contributed by atoms with van der Waals surface area (Å²) < 4.78 is 15.5. The summed E-state index contributed by atoms with van der Waals surface area (Å²) in [5.74, 6) is -1.21. The van der Waals surface area contributed by atoms with Gasteiger partial charge in [0.05, 0.1) is 0 Å². The third-order valence-corrected chi connectivity index (χ3v) is 4.41. The van der Waals surface area contributed by atoms with Crippen molar-refractivity contribution in [2.45, 2.75) is 45.6 Å². The number of ether oxygens (including phenoxy) is 2. The minimum absolute atomic E-state index is 0.328. The molecule has 1 aliphatic rings. The van der Waals surface area contributed by atoms with E-state index in [1.54, 1.807) is 39.0 Å². The molecular formula is C21H24N2O7. The number of imide groups is 1. The third kappa shape index (κ3) is 5.37. The van der Waals surface area contributed by atoms with Crippen LogP contribution >= 0.6 is 0 Å². The summed E-state index contributed by atoms with van der Waals surface area (Å²) in [6, 6.07) is 4.35. The van der Waals surface area contributed by atoms with Crippen LogP contribution in [0.4, 0.5) is 4.79 Å². The first kappa shape index (κ1) is 21.4. The van der Waals surface area contributed by atoms with Gasteiger partial charge < -0.3 is 19.2 Å². The SMILES string of the molecule is CC(C)(C)NC(=O)NC(=O)COC(=O)COc1ccc2c3c(c(=O)oc2c1)CCC3. The average Bonchev–Trinajstić information content (AvgIpc) is 3.13. The number of hydrogen-bond acceptors (Lipinski definition) is 7. The largest absolute Gasteiger partial charge is 0.482 e. The maximum Gasteiger partial charge on any atom is 0.344 e. The lowest BCUT2D eigenvalue weighted by atomic mass is 10.1. The molecule has 1 heterocycles. The lowest BCUT2D eigenvalue weighted by molar-refractivity contribution is -0.150. The molecule has 0 atom stereocenters. The number of hydrogen-bond donors (Lipinski definition) is 2. The number of carbonyl (C=O) groups excluding carboxylic acids is 3. The Hall–Kier alpha value is -3.36. The van der Waals surface area contributed by atoms with E-state index >= 15 is 0 Å². The number of esters is 1. The van der Waals surface area contributed by atoms with Gasteiger partial charge in [0.1, 0.15) is 11.3 Å². The van der Waals surface area contributed by atoms with Gasteiger partial charge in [-0.3, -0.25) is 10.1 Å². The van der Waals surface area contributed by atoms with E-state index < -0.39 is 36.7 Å². The number of urea groups is 1. The summed E-state index contributed by atoms with van der Waals surface area (Å²) in [5, 5.41) is 5.48. The van der Waals surface area contributed by atoms with Crippen molar-refractivity contribution in [2.75, 3.05) is 13.2 Å². The molecule has 0 radical (unpaired) electrons. The van der Waals surface area contributed by atoms with Crippen LogP contribution in [-0.4, -0.2) is 36.7 Å². The van der Waals surface area contributed by atoms with Crippen molar-refractivity contribution < 1.29 is 28.3 Å². The monoisotopic (exact) mass is 416 g/mol. The maximum absolute atomic E-state index is 12.1. The lowest BCUT2D eigenvalue weighted by Crippen LogP contribution is -2.49. The van der Waals surface area contributed by atoms with Crippen molar-refractivity contribution in [3.8, 4) is 5.75 Å². The predicted octanol–water partition coefficient (Wildman–Crippen LogP) is 1.83. The molecule has 0 fully saturated rings. The van der Waals surface area contributed by atoms with Crippen LogP contribution < -0.4 is 21.0 Å². The number of aryl methyl sites for hydroxylation is 1. The first-order valence-electron chi connectivity index (χ1n) is 9.61. The quantitative estimate of drug-likeness (QED) is 0.563. The van der Waals surface area contributed by atoms with Gasteiger partial charge in [0.25, 0.3) is 5.91 Å². The van der Waals surface area contributed by atoms with Gasteiger partial charge in [-0.1, -0.05) is 0 Å². The standard InChI is InChI=1S/C21H24N2O7/c1-21(2,3)23-20(27)22-17(24)10-29-18(25)11-28-12-7-8-14-13-5-4-6-15(13)19(26)30-16(14)9-12/h7-9H,4-6,10-11H2,1-3H3,(H2,22,23,24,27). The minimum Gasteiger partial charge on any atom is -0.482 e. The molecule has 0 bridgehead atoms. The Morgan fingerprint density at radius 2 is 1.83 bits per heavy atom. The Kier molecular flexibility index (Phi) is 6.09. The Morgan fingerprint density at radius 3 is 2.57 bits per heavy atom. The highest BCUT2D eigenvalue weighted by Gasteiger charge is 2.20. The topological polar surface area (TPSA) is 124 Å². The fraction of sp³-hybridized carbons (Fsp3) is 0.429. The van der Waals surface area contributed by atoms with E-state index in [9.17, 15) is 19.2 Å².